The van der Waals surface area contributed by atoms with E-state index < -0.39 is 0 Å². The Kier molecular flexibility index (Phi) is 8.37. The quantitative estimate of drug-likeness (QED) is 0.599. The molecule has 2 aromatic carbocycles. The third-order valence-electron chi connectivity index (χ3n) is 6.39. The number of rotatable bonds is 4. The number of benzene rings is 2. The molecule has 2 fully saturated rings. The summed E-state index contributed by atoms with van der Waals surface area (Å²) in [6.07, 6.45) is 2.27. The van der Waals surface area contributed by atoms with E-state index in [9.17, 15) is 9.59 Å². The lowest BCUT2D eigenvalue weighted by molar-refractivity contribution is -0.153. The first-order valence-electron chi connectivity index (χ1n) is 11.4. The fraction of sp³-hybridized carbons (Fsp3) is 0.481. The summed E-state index contributed by atoms with van der Waals surface area (Å²) in [7, 11) is 3.34. The van der Waals surface area contributed by atoms with E-state index in [2.05, 4.69) is 24.3 Å². The summed E-state index contributed by atoms with van der Waals surface area (Å²) in [5, 5.41) is 0. The van der Waals surface area contributed by atoms with E-state index >= 15 is 0 Å². The molecule has 178 valence electrons. The standard InChI is InChI=1S/C14H18O3.C13H16O3/c1-9-6-11(4-5-13(9)16-3)12-7-10(2)14(15)17-8-12;1-9-7-10(3-5-12(9)15-2)11-4-6-13(14)16-8-11/h4-6,10,12H,7-8H2,1-3H3;3,5,7,11H,4,6,8H2,1-2H3/t10?,12-;11-/m11/s1. The van der Waals surface area contributed by atoms with E-state index in [1.165, 1.54) is 11.1 Å². The van der Waals surface area contributed by atoms with Gasteiger partial charge in [-0.25, -0.2) is 0 Å². The minimum atomic E-state index is -0.0820. The van der Waals surface area contributed by atoms with Crippen LogP contribution in [0.25, 0.3) is 0 Å². The van der Waals surface area contributed by atoms with Crippen molar-refractivity contribution in [2.24, 2.45) is 5.92 Å². The summed E-state index contributed by atoms with van der Waals surface area (Å²) >= 11 is 0. The van der Waals surface area contributed by atoms with Crippen molar-refractivity contribution in [1.82, 2.24) is 0 Å². The molecule has 33 heavy (non-hydrogen) atoms. The van der Waals surface area contributed by atoms with Crippen LogP contribution in [0.5, 0.6) is 11.5 Å². The van der Waals surface area contributed by atoms with Gasteiger partial charge in [-0.05, 0) is 61.1 Å². The average Bonchev–Trinajstić information content (AvgIpc) is 2.81. The lowest BCUT2D eigenvalue weighted by Crippen LogP contribution is -2.27. The molecule has 0 spiro atoms. The third kappa shape index (κ3) is 6.28. The van der Waals surface area contributed by atoms with Gasteiger partial charge in [-0.1, -0.05) is 31.2 Å². The van der Waals surface area contributed by atoms with Gasteiger partial charge in [0, 0.05) is 18.3 Å². The van der Waals surface area contributed by atoms with Crippen molar-refractivity contribution in [3.63, 3.8) is 0 Å². The Morgan fingerprint density at radius 1 is 0.818 bits per heavy atom. The Balaban J connectivity index is 0.000000186. The number of methoxy groups -OCH3 is 2. The molecule has 0 radical (unpaired) electrons. The van der Waals surface area contributed by atoms with E-state index in [0.717, 1.165) is 35.5 Å². The third-order valence-corrected chi connectivity index (χ3v) is 6.39. The Morgan fingerprint density at radius 2 is 1.36 bits per heavy atom. The van der Waals surface area contributed by atoms with Crippen molar-refractivity contribution < 1.29 is 28.5 Å². The summed E-state index contributed by atoms with van der Waals surface area (Å²) in [6.45, 7) is 6.97. The van der Waals surface area contributed by atoms with Crippen LogP contribution >= 0.6 is 0 Å². The molecule has 6 nitrogen and oxygen atoms in total. The number of cyclic esters (lactones) is 2. The molecule has 0 aromatic heterocycles. The van der Waals surface area contributed by atoms with Crippen molar-refractivity contribution in [3.8, 4) is 11.5 Å². The Labute approximate surface area is 196 Å². The maximum Gasteiger partial charge on any atom is 0.308 e. The lowest BCUT2D eigenvalue weighted by atomic mass is 9.87. The Hall–Kier alpha value is -3.02. The molecule has 4 rings (SSSR count). The fourth-order valence-electron chi connectivity index (χ4n) is 4.36. The topological polar surface area (TPSA) is 71.1 Å². The van der Waals surface area contributed by atoms with Crippen LogP contribution in [0.1, 0.15) is 60.3 Å². The van der Waals surface area contributed by atoms with Gasteiger partial charge in [-0.15, -0.1) is 0 Å². The average molecular weight is 455 g/mol. The van der Waals surface area contributed by atoms with Crippen LogP contribution in [0.15, 0.2) is 36.4 Å². The monoisotopic (exact) mass is 454 g/mol. The minimum absolute atomic E-state index is 0.00356. The molecule has 2 heterocycles. The molecule has 2 aliphatic rings. The van der Waals surface area contributed by atoms with Gasteiger partial charge in [-0.2, -0.15) is 0 Å². The predicted octanol–water partition coefficient (Wildman–Crippen LogP) is 5.09. The summed E-state index contributed by atoms with van der Waals surface area (Å²) < 4.78 is 20.7. The molecule has 2 saturated heterocycles. The molecule has 0 saturated carbocycles. The smallest absolute Gasteiger partial charge is 0.308 e. The first-order valence-corrected chi connectivity index (χ1v) is 11.4. The van der Waals surface area contributed by atoms with E-state index in [1.54, 1.807) is 14.2 Å². The van der Waals surface area contributed by atoms with Gasteiger partial charge in [0.25, 0.3) is 0 Å². The van der Waals surface area contributed by atoms with Gasteiger partial charge in [-0.3, -0.25) is 9.59 Å². The van der Waals surface area contributed by atoms with Crippen LogP contribution in [0.4, 0.5) is 0 Å². The van der Waals surface area contributed by atoms with Crippen LogP contribution in [0, 0.1) is 19.8 Å². The molecule has 1 unspecified atom stereocenters. The van der Waals surface area contributed by atoms with Gasteiger partial charge in [0.2, 0.25) is 0 Å². The van der Waals surface area contributed by atoms with Crippen molar-refractivity contribution in [1.29, 1.82) is 0 Å². The molecule has 2 aliphatic heterocycles. The zero-order valence-electron chi connectivity index (χ0n) is 20.2. The highest BCUT2D eigenvalue weighted by Gasteiger charge is 2.28. The molecule has 3 atom stereocenters. The van der Waals surface area contributed by atoms with E-state index in [4.69, 9.17) is 18.9 Å². The summed E-state index contributed by atoms with van der Waals surface area (Å²) in [5.74, 6) is 2.28. The van der Waals surface area contributed by atoms with Crippen LogP contribution in [0.3, 0.4) is 0 Å². The number of ether oxygens (including phenoxy) is 4. The highest BCUT2D eigenvalue weighted by Crippen LogP contribution is 2.32. The van der Waals surface area contributed by atoms with Gasteiger partial charge in [0.15, 0.2) is 0 Å². The molecule has 6 heteroatoms. The number of carbonyl (C=O) groups is 2. The Morgan fingerprint density at radius 3 is 1.82 bits per heavy atom. The fourth-order valence-corrected chi connectivity index (χ4v) is 4.36. The van der Waals surface area contributed by atoms with Crippen molar-refractivity contribution in [2.75, 3.05) is 27.4 Å². The highest BCUT2D eigenvalue weighted by molar-refractivity contribution is 5.73. The number of aryl methyl sites for hydroxylation is 2. The summed E-state index contributed by atoms with van der Waals surface area (Å²) in [5.41, 5.74) is 4.69. The van der Waals surface area contributed by atoms with Gasteiger partial charge in [0.05, 0.1) is 33.4 Å². The largest absolute Gasteiger partial charge is 0.496 e. The summed E-state index contributed by atoms with van der Waals surface area (Å²) in [4.78, 5) is 22.3. The van der Waals surface area contributed by atoms with Crippen LogP contribution < -0.4 is 9.47 Å². The molecule has 0 N–H and O–H groups in total. The van der Waals surface area contributed by atoms with Crippen LogP contribution in [0.2, 0.25) is 0 Å². The zero-order valence-corrected chi connectivity index (χ0v) is 20.2. The van der Waals surface area contributed by atoms with Crippen molar-refractivity contribution >= 4 is 11.9 Å². The van der Waals surface area contributed by atoms with Gasteiger partial charge >= 0.3 is 11.9 Å². The second-order valence-electron chi connectivity index (χ2n) is 8.84. The maximum absolute atomic E-state index is 11.3. The van der Waals surface area contributed by atoms with E-state index in [0.29, 0.717) is 31.5 Å². The second kappa shape index (κ2) is 11.2. The zero-order chi connectivity index (χ0) is 24.0. The van der Waals surface area contributed by atoms with Crippen molar-refractivity contribution in [2.45, 2.75) is 51.9 Å². The number of hydrogen-bond donors (Lipinski definition) is 0. The van der Waals surface area contributed by atoms with Crippen molar-refractivity contribution in [3.05, 3.63) is 58.7 Å². The van der Waals surface area contributed by atoms with Gasteiger partial charge < -0.3 is 18.9 Å². The number of carbonyl (C=O) groups excluding carboxylic acids is 2. The second-order valence-corrected chi connectivity index (χ2v) is 8.84. The molecular formula is C27H34O6. The minimum Gasteiger partial charge on any atom is -0.496 e. The first kappa shape index (κ1) is 24.6. The molecule has 2 aromatic rings. The molecule has 0 aliphatic carbocycles. The SMILES string of the molecule is COc1ccc([C@@H]2CCC(=O)OC2)cc1C.COc1ccc([C@H]2COC(=O)C(C)C2)cc1C. The normalized spacial score (nSPS) is 22.4. The van der Waals surface area contributed by atoms with E-state index in [1.807, 2.05) is 32.9 Å². The number of hydrogen-bond acceptors (Lipinski definition) is 6. The first-order chi connectivity index (χ1) is 15.8. The molecular weight excluding hydrogens is 420 g/mol. The summed E-state index contributed by atoms with van der Waals surface area (Å²) in [6, 6.07) is 12.3. The lowest BCUT2D eigenvalue weighted by Gasteiger charge is -2.26. The highest BCUT2D eigenvalue weighted by atomic mass is 16.5. The van der Waals surface area contributed by atoms with Crippen LogP contribution in [-0.2, 0) is 19.1 Å². The number of esters is 2. The molecule has 0 amide bonds. The maximum atomic E-state index is 11.3. The molecule has 0 bridgehead atoms. The predicted molar refractivity (Wildman–Crippen MR) is 126 cm³/mol. The van der Waals surface area contributed by atoms with Crippen LogP contribution in [-0.4, -0.2) is 39.4 Å². The van der Waals surface area contributed by atoms with E-state index in [-0.39, 0.29) is 17.9 Å². The Bertz CT molecular complexity index is 973. The van der Waals surface area contributed by atoms with Gasteiger partial charge in [0.1, 0.15) is 11.5 Å².